The van der Waals surface area contributed by atoms with Crippen LogP contribution in [-0.4, -0.2) is 10.9 Å². The Labute approximate surface area is 134 Å². The van der Waals surface area contributed by atoms with Crippen LogP contribution in [0.4, 0.5) is 5.69 Å². The summed E-state index contributed by atoms with van der Waals surface area (Å²) < 4.78 is 5.26. The number of hydrogen-bond acceptors (Lipinski definition) is 4. The molecule has 0 radical (unpaired) electrons. The molecule has 0 aliphatic carbocycles. The summed E-state index contributed by atoms with van der Waals surface area (Å²) in [6.45, 7) is 1.04. The maximum absolute atomic E-state index is 12.2. The van der Waals surface area contributed by atoms with Crippen molar-refractivity contribution in [2.75, 3.05) is 5.32 Å². The van der Waals surface area contributed by atoms with Crippen molar-refractivity contribution >= 4 is 11.6 Å². The lowest BCUT2D eigenvalue weighted by Crippen LogP contribution is -2.23. The molecule has 2 N–H and O–H groups in total. The highest BCUT2D eigenvalue weighted by Gasteiger charge is 2.08. The minimum Gasteiger partial charge on any atom is -0.467 e. The van der Waals surface area contributed by atoms with Crippen LogP contribution in [0.1, 0.15) is 21.8 Å². The van der Waals surface area contributed by atoms with E-state index in [9.17, 15) is 4.79 Å². The predicted molar refractivity (Wildman–Crippen MR) is 87.9 cm³/mol. The molecule has 0 unspecified atom stereocenters. The molecule has 0 saturated heterocycles. The van der Waals surface area contributed by atoms with Crippen molar-refractivity contribution in [2.45, 2.75) is 13.1 Å². The molecule has 0 spiro atoms. The molecule has 2 aromatic heterocycles. The fraction of sp³-hybridized carbons (Fsp3) is 0.111. The van der Waals surface area contributed by atoms with Gasteiger partial charge in [0.2, 0.25) is 0 Å². The minimum atomic E-state index is -0.199. The maximum Gasteiger partial charge on any atom is 0.270 e. The summed E-state index contributed by atoms with van der Waals surface area (Å²) >= 11 is 0. The molecule has 0 saturated carbocycles. The van der Waals surface area contributed by atoms with Crippen molar-refractivity contribution in [2.24, 2.45) is 0 Å². The zero-order chi connectivity index (χ0) is 15.9. The molecule has 116 valence electrons. The van der Waals surface area contributed by atoms with Crippen molar-refractivity contribution in [3.05, 3.63) is 84.1 Å². The molecule has 0 aliphatic heterocycles. The molecular formula is C18H17N3O2. The second kappa shape index (κ2) is 7.26. The molecule has 23 heavy (non-hydrogen) atoms. The standard InChI is InChI=1S/C18H17N3O2/c22-18(21-12-14-5-2-1-3-6-14)17-11-15(8-9-19-17)20-13-16-7-4-10-23-16/h1-11H,12-13H2,(H,19,20)(H,21,22). The third-order valence-electron chi connectivity index (χ3n) is 3.34. The van der Waals surface area contributed by atoms with Crippen LogP contribution in [0.5, 0.6) is 0 Å². The first-order valence-corrected chi connectivity index (χ1v) is 7.36. The lowest BCUT2D eigenvalue weighted by Gasteiger charge is -2.08. The van der Waals surface area contributed by atoms with Crippen LogP contribution in [-0.2, 0) is 13.1 Å². The Kier molecular flexibility index (Phi) is 4.69. The van der Waals surface area contributed by atoms with Crippen LogP contribution in [0.25, 0.3) is 0 Å². The van der Waals surface area contributed by atoms with E-state index in [2.05, 4.69) is 15.6 Å². The van der Waals surface area contributed by atoms with E-state index in [1.807, 2.05) is 48.5 Å². The average molecular weight is 307 g/mol. The Bertz CT molecular complexity index is 755. The highest BCUT2D eigenvalue weighted by Crippen LogP contribution is 2.11. The number of nitrogens with zero attached hydrogens (tertiary/aromatic N) is 1. The normalized spacial score (nSPS) is 10.3. The lowest BCUT2D eigenvalue weighted by atomic mass is 10.2. The van der Waals surface area contributed by atoms with E-state index in [4.69, 9.17) is 4.42 Å². The summed E-state index contributed by atoms with van der Waals surface area (Å²) in [4.78, 5) is 16.3. The monoisotopic (exact) mass is 307 g/mol. The first-order chi connectivity index (χ1) is 11.3. The summed E-state index contributed by atoms with van der Waals surface area (Å²) in [6.07, 6.45) is 3.24. The van der Waals surface area contributed by atoms with E-state index in [1.54, 1.807) is 18.5 Å². The maximum atomic E-state index is 12.2. The molecular weight excluding hydrogens is 290 g/mol. The van der Waals surface area contributed by atoms with E-state index in [-0.39, 0.29) is 5.91 Å². The molecule has 0 aliphatic rings. The molecule has 0 fully saturated rings. The number of pyridine rings is 1. The summed E-state index contributed by atoms with van der Waals surface area (Å²) in [7, 11) is 0. The number of carbonyl (C=O) groups excluding carboxylic acids is 1. The number of furan rings is 1. The third-order valence-corrected chi connectivity index (χ3v) is 3.34. The molecule has 5 heteroatoms. The SMILES string of the molecule is O=C(NCc1ccccc1)c1cc(NCc2ccco2)ccn1. The molecule has 3 rings (SSSR count). The third kappa shape index (κ3) is 4.20. The fourth-order valence-corrected chi connectivity index (χ4v) is 2.14. The van der Waals surface area contributed by atoms with Crippen molar-refractivity contribution in [3.63, 3.8) is 0 Å². The largest absolute Gasteiger partial charge is 0.467 e. The Morgan fingerprint density at radius 2 is 1.91 bits per heavy atom. The molecule has 1 amide bonds. The zero-order valence-electron chi connectivity index (χ0n) is 12.5. The van der Waals surface area contributed by atoms with Crippen LogP contribution in [0.15, 0.2) is 71.5 Å². The first kappa shape index (κ1) is 14.8. The molecule has 3 aromatic rings. The van der Waals surface area contributed by atoms with Gasteiger partial charge in [0.1, 0.15) is 11.5 Å². The number of nitrogens with one attached hydrogen (secondary N) is 2. The highest BCUT2D eigenvalue weighted by molar-refractivity contribution is 5.93. The van der Waals surface area contributed by atoms with Gasteiger partial charge >= 0.3 is 0 Å². The molecule has 0 bridgehead atoms. The summed E-state index contributed by atoms with van der Waals surface area (Å²) in [5.41, 5.74) is 2.25. The topological polar surface area (TPSA) is 67.2 Å². The average Bonchev–Trinajstić information content (AvgIpc) is 3.12. The number of amides is 1. The number of anilines is 1. The molecule has 5 nitrogen and oxygen atoms in total. The van der Waals surface area contributed by atoms with Gasteiger partial charge in [-0.2, -0.15) is 0 Å². The van der Waals surface area contributed by atoms with Gasteiger partial charge in [-0.05, 0) is 29.8 Å². The molecule has 1 aromatic carbocycles. The van der Waals surface area contributed by atoms with Gasteiger partial charge in [-0.25, -0.2) is 0 Å². The zero-order valence-corrected chi connectivity index (χ0v) is 12.5. The van der Waals surface area contributed by atoms with E-state index in [0.29, 0.717) is 18.8 Å². The second-order valence-electron chi connectivity index (χ2n) is 5.03. The van der Waals surface area contributed by atoms with Gasteiger partial charge in [-0.1, -0.05) is 30.3 Å². The summed E-state index contributed by atoms with van der Waals surface area (Å²) in [6, 6.07) is 17.0. The number of carbonyl (C=O) groups is 1. The Hall–Kier alpha value is -3.08. The van der Waals surface area contributed by atoms with Crippen LogP contribution in [0.3, 0.4) is 0 Å². The van der Waals surface area contributed by atoms with Gasteiger partial charge in [-0.15, -0.1) is 0 Å². The molecule has 0 atom stereocenters. The number of rotatable bonds is 6. The van der Waals surface area contributed by atoms with Crippen LogP contribution in [0.2, 0.25) is 0 Å². The second-order valence-corrected chi connectivity index (χ2v) is 5.03. The number of benzene rings is 1. The van der Waals surface area contributed by atoms with Crippen molar-refractivity contribution < 1.29 is 9.21 Å². The summed E-state index contributed by atoms with van der Waals surface area (Å²) in [5.74, 6) is 0.632. The van der Waals surface area contributed by atoms with E-state index < -0.39 is 0 Å². The highest BCUT2D eigenvalue weighted by atomic mass is 16.3. The fourth-order valence-electron chi connectivity index (χ4n) is 2.14. The number of hydrogen-bond donors (Lipinski definition) is 2. The number of aromatic nitrogens is 1. The smallest absolute Gasteiger partial charge is 0.270 e. The minimum absolute atomic E-state index is 0.199. The van der Waals surface area contributed by atoms with Crippen LogP contribution < -0.4 is 10.6 Å². The van der Waals surface area contributed by atoms with Crippen molar-refractivity contribution in [1.29, 1.82) is 0 Å². The van der Waals surface area contributed by atoms with E-state index >= 15 is 0 Å². The van der Waals surface area contributed by atoms with Crippen LogP contribution in [0, 0.1) is 0 Å². The van der Waals surface area contributed by atoms with Crippen molar-refractivity contribution in [3.8, 4) is 0 Å². The van der Waals surface area contributed by atoms with Gasteiger partial charge in [-0.3, -0.25) is 9.78 Å². The Morgan fingerprint density at radius 1 is 1.04 bits per heavy atom. The van der Waals surface area contributed by atoms with Crippen LogP contribution >= 0.6 is 0 Å². The van der Waals surface area contributed by atoms with Gasteiger partial charge in [0.15, 0.2) is 0 Å². The van der Waals surface area contributed by atoms with Gasteiger partial charge in [0.25, 0.3) is 5.91 Å². The van der Waals surface area contributed by atoms with Gasteiger partial charge in [0, 0.05) is 18.4 Å². The van der Waals surface area contributed by atoms with Gasteiger partial charge in [0.05, 0.1) is 12.8 Å². The Morgan fingerprint density at radius 3 is 2.70 bits per heavy atom. The lowest BCUT2D eigenvalue weighted by molar-refractivity contribution is 0.0946. The Balaban J connectivity index is 1.58. The van der Waals surface area contributed by atoms with Crippen molar-refractivity contribution in [1.82, 2.24) is 10.3 Å². The molecule has 2 heterocycles. The summed E-state index contributed by atoms with van der Waals surface area (Å²) in [5, 5.41) is 6.07. The van der Waals surface area contributed by atoms with E-state index in [1.165, 1.54) is 0 Å². The quantitative estimate of drug-likeness (QED) is 0.734. The predicted octanol–water partition coefficient (Wildman–Crippen LogP) is 3.22. The first-order valence-electron chi connectivity index (χ1n) is 7.36. The van der Waals surface area contributed by atoms with E-state index in [0.717, 1.165) is 17.0 Å². The van der Waals surface area contributed by atoms with Gasteiger partial charge < -0.3 is 15.1 Å².